The van der Waals surface area contributed by atoms with Gasteiger partial charge >= 0.3 is 5.97 Å². The van der Waals surface area contributed by atoms with Gasteiger partial charge in [-0.3, -0.25) is 4.79 Å². The Morgan fingerprint density at radius 1 is 1.71 bits per heavy atom. The summed E-state index contributed by atoms with van der Waals surface area (Å²) in [7, 11) is 1.44. The highest BCUT2D eigenvalue weighted by Gasteiger charge is 2.26. The number of methoxy groups -OCH3 is 1. The van der Waals surface area contributed by atoms with Crippen molar-refractivity contribution in [1.82, 2.24) is 4.98 Å². The second-order valence-electron chi connectivity index (χ2n) is 3.38. The SMILES string of the molecule is COC(=O)[C@H]1CCc2[nH]c(=S)sc2C1. The summed E-state index contributed by atoms with van der Waals surface area (Å²) < 4.78 is 5.55. The summed E-state index contributed by atoms with van der Waals surface area (Å²) in [5, 5.41) is 0. The first-order valence-electron chi connectivity index (χ1n) is 4.49. The number of rotatable bonds is 1. The molecule has 0 aromatic carbocycles. The van der Waals surface area contributed by atoms with Gasteiger partial charge in [-0.25, -0.2) is 0 Å². The highest BCUT2D eigenvalue weighted by Crippen LogP contribution is 2.28. The number of hydrogen-bond acceptors (Lipinski definition) is 4. The Balaban J connectivity index is 2.20. The van der Waals surface area contributed by atoms with E-state index in [9.17, 15) is 4.79 Å². The molecule has 3 nitrogen and oxygen atoms in total. The summed E-state index contributed by atoms with van der Waals surface area (Å²) in [6.45, 7) is 0. The lowest BCUT2D eigenvalue weighted by Gasteiger charge is -2.18. The third-order valence-electron chi connectivity index (χ3n) is 2.51. The maximum atomic E-state index is 11.3. The van der Waals surface area contributed by atoms with Gasteiger partial charge in [-0.05, 0) is 31.5 Å². The van der Waals surface area contributed by atoms with E-state index in [1.807, 2.05) is 0 Å². The predicted octanol–water partition coefficient (Wildman–Crippen LogP) is 2.08. The Morgan fingerprint density at radius 2 is 2.50 bits per heavy atom. The minimum Gasteiger partial charge on any atom is -0.469 e. The van der Waals surface area contributed by atoms with Crippen molar-refractivity contribution >= 4 is 29.5 Å². The maximum Gasteiger partial charge on any atom is 0.309 e. The van der Waals surface area contributed by atoms with Crippen molar-refractivity contribution in [2.45, 2.75) is 19.3 Å². The van der Waals surface area contributed by atoms with E-state index in [1.165, 1.54) is 17.7 Å². The number of aromatic nitrogens is 1. The molecule has 1 aliphatic rings. The smallest absolute Gasteiger partial charge is 0.309 e. The van der Waals surface area contributed by atoms with Gasteiger partial charge in [-0.15, -0.1) is 11.3 Å². The molecule has 5 heteroatoms. The van der Waals surface area contributed by atoms with Gasteiger partial charge in [-0.1, -0.05) is 0 Å². The van der Waals surface area contributed by atoms with Crippen LogP contribution in [0.4, 0.5) is 0 Å². The van der Waals surface area contributed by atoms with Crippen molar-refractivity contribution in [3.8, 4) is 0 Å². The van der Waals surface area contributed by atoms with Crippen LogP contribution in [0.2, 0.25) is 0 Å². The third-order valence-corrected chi connectivity index (χ3v) is 3.81. The Bertz CT molecular complexity index is 407. The molecular weight excluding hydrogens is 218 g/mol. The van der Waals surface area contributed by atoms with E-state index in [1.54, 1.807) is 11.3 Å². The standard InChI is InChI=1S/C9H11NO2S2/c1-12-8(11)5-2-3-6-7(4-5)14-9(13)10-6/h5H,2-4H2,1H3,(H,10,13)/t5-/m0/s1. The van der Waals surface area contributed by atoms with Crippen LogP contribution in [0.15, 0.2) is 0 Å². The number of nitrogens with one attached hydrogen (secondary N) is 1. The molecule has 0 saturated heterocycles. The Hall–Kier alpha value is -0.680. The van der Waals surface area contributed by atoms with Crippen LogP contribution in [-0.4, -0.2) is 18.1 Å². The van der Waals surface area contributed by atoms with E-state index in [0.717, 1.165) is 23.2 Å². The van der Waals surface area contributed by atoms with Gasteiger partial charge in [0.05, 0.1) is 13.0 Å². The lowest BCUT2D eigenvalue weighted by molar-refractivity contribution is -0.145. The fourth-order valence-electron chi connectivity index (χ4n) is 1.77. The number of aromatic amines is 1. The van der Waals surface area contributed by atoms with Crippen LogP contribution in [0, 0.1) is 9.87 Å². The van der Waals surface area contributed by atoms with Crippen LogP contribution in [0.3, 0.4) is 0 Å². The lowest BCUT2D eigenvalue weighted by atomic mass is 9.91. The van der Waals surface area contributed by atoms with Crippen molar-refractivity contribution < 1.29 is 9.53 Å². The minimum absolute atomic E-state index is 0.0222. The van der Waals surface area contributed by atoms with Crippen molar-refractivity contribution in [2.24, 2.45) is 5.92 Å². The molecule has 0 fully saturated rings. The van der Waals surface area contributed by atoms with Gasteiger partial charge in [-0.2, -0.15) is 0 Å². The molecule has 0 amide bonds. The molecule has 0 unspecified atom stereocenters. The van der Waals surface area contributed by atoms with Gasteiger partial charge in [0.15, 0.2) is 3.95 Å². The third kappa shape index (κ3) is 1.74. The molecule has 1 aromatic rings. The average molecular weight is 229 g/mol. The molecule has 76 valence electrons. The summed E-state index contributed by atoms with van der Waals surface area (Å²) in [6, 6.07) is 0. The molecule has 0 spiro atoms. The molecule has 1 aromatic heterocycles. The molecule has 0 saturated carbocycles. The monoisotopic (exact) mass is 229 g/mol. The molecule has 0 radical (unpaired) electrons. The summed E-state index contributed by atoms with van der Waals surface area (Å²) in [5.74, 6) is -0.0797. The highest BCUT2D eigenvalue weighted by atomic mass is 32.1. The topological polar surface area (TPSA) is 42.1 Å². The lowest BCUT2D eigenvalue weighted by Crippen LogP contribution is -2.22. The number of fused-ring (bicyclic) bond motifs is 1. The van der Waals surface area contributed by atoms with Gasteiger partial charge in [0, 0.05) is 10.6 Å². The summed E-state index contributed by atoms with van der Waals surface area (Å²) in [4.78, 5) is 15.7. The fraction of sp³-hybridized carbons (Fsp3) is 0.556. The van der Waals surface area contributed by atoms with Crippen LogP contribution in [0.1, 0.15) is 17.0 Å². The van der Waals surface area contributed by atoms with E-state index in [4.69, 9.17) is 17.0 Å². The molecule has 1 atom stereocenters. The van der Waals surface area contributed by atoms with Gasteiger partial charge in [0.25, 0.3) is 0 Å². The molecule has 2 rings (SSSR count). The number of thiazole rings is 1. The summed E-state index contributed by atoms with van der Waals surface area (Å²) >= 11 is 6.63. The second kappa shape index (κ2) is 3.82. The molecule has 0 aliphatic heterocycles. The zero-order valence-electron chi connectivity index (χ0n) is 7.83. The molecule has 0 bridgehead atoms. The van der Waals surface area contributed by atoms with E-state index in [2.05, 4.69) is 4.98 Å². The molecule has 14 heavy (non-hydrogen) atoms. The molecular formula is C9H11NO2S2. The average Bonchev–Trinajstić information content (AvgIpc) is 2.55. The Labute approximate surface area is 91.1 Å². The first kappa shape index (κ1) is 9.86. The van der Waals surface area contributed by atoms with Gasteiger partial charge < -0.3 is 9.72 Å². The Morgan fingerprint density at radius 3 is 3.21 bits per heavy atom. The zero-order valence-corrected chi connectivity index (χ0v) is 9.46. The van der Waals surface area contributed by atoms with Gasteiger partial charge in [0.2, 0.25) is 0 Å². The van der Waals surface area contributed by atoms with Crippen LogP contribution in [0.5, 0.6) is 0 Å². The van der Waals surface area contributed by atoms with Crippen LogP contribution < -0.4 is 0 Å². The first-order valence-corrected chi connectivity index (χ1v) is 5.72. The van der Waals surface area contributed by atoms with E-state index in [0.29, 0.717) is 0 Å². The second-order valence-corrected chi connectivity index (χ2v) is 5.15. The normalized spacial score (nSPS) is 20.2. The van der Waals surface area contributed by atoms with Crippen LogP contribution >= 0.6 is 23.6 Å². The number of carbonyl (C=O) groups is 1. The van der Waals surface area contributed by atoms with E-state index < -0.39 is 0 Å². The fourth-order valence-corrected chi connectivity index (χ4v) is 3.15. The number of esters is 1. The molecule has 1 N–H and O–H groups in total. The zero-order chi connectivity index (χ0) is 10.1. The molecule has 1 heterocycles. The van der Waals surface area contributed by atoms with Crippen molar-refractivity contribution in [3.63, 3.8) is 0 Å². The van der Waals surface area contributed by atoms with Crippen LogP contribution in [0.25, 0.3) is 0 Å². The summed E-state index contributed by atoms with van der Waals surface area (Å²) in [5.41, 5.74) is 1.21. The summed E-state index contributed by atoms with van der Waals surface area (Å²) in [6.07, 6.45) is 2.55. The van der Waals surface area contributed by atoms with E-state index in [-0.39, 0.29) is 11.9 Å². The maximum absolute atomic E-state index is 11.3. The minimum atomic E-state index is -0.102. The number of aryl methyl sites for hydroxylation is 1. The highest BCUT2D eigenvalue weighted by molar-refractivity contribution is 7.73. The van der Waals surface area contributed by atoms with Crippen molar-refractivity contribution in [1.29, 1.82) is 0 Å². The van der Waals surface area contributed by atoms with Crippen LogP contribution in [-0.2, 0) is 22.4 Å². The predicted molar refractivity (Wildman–Crippen MR) is 57.0 cm³/mol. The van der Waals surface area contributed by atoms with Crippen molar-refractivity contribution in [2.75, 3.05) is 7.11 Å². The Kier molecular flexibility index (Phi) is 2.69. The quantitative estimate of drug-likeness (QED) is 0.592. The number of hydrogen-bond donors (Lipinski definition) is 1. The number of H-pyrrole nitrogens is 1. The van der Waals surface area contributed by atoms with E-state index >= 15 is 0 Å². The van der Waals surface area contributed by atoms with Gasteiger partial charge in [0.1, 0.15) is 0 Å². The van der Waals surface area contributed by atoms with Crippen molar-refractivity contribution in [3.05, 3.63) is 14.5 Å². The number of ether oxygens (including phenoxy) is 1. The first-order chi connectivity index (χ1) is 6.70. The molecule has 1 aliphatic carbocycles. The number of carbonyl (C=O) groups excluding carboxylic acids is 1. The largest absolute Gasteiger partial charge is 0.469 e.